The fraction of sp³-hybridized carbons (Fsp3) is 0.516. The SMILES string of the molecule is CCCN(CCC)C(=O)c1cc(C)cc(C(=O)Nc2cccc(CN3C(N)=NC(C)(CC(C)C)C3(C)O)c2)c1. The number of hydrogen-bond donors (Lipinski definition) is 3. The van der Waals surface area contributed by atoms with E-state index in [9.17, 15) is 14.7 Å². The predicted molar refractivity (Wildman–Crippen MR) is 158 cm³/mol. The summed E-state index contributed by atoms with van der Waals surface area (Å²) in [6, 6.07) is 12.8. The van der Waals surface area contributed by atoms with Crippen LogP contribution in [0.2, 0.25) is 0 Å². The summed E-state index contributed by atoms with van der Waals surface area (Å²) in [4.78, 5) is 34.6. The van der Waals surface area contributed by atoms with Crippen LogP contribution in [0.25, 0.3) is 0 Å². The van der Waals surface area contributed by atoms with Crippen LogP contribution in [0.5, 0.6) is 0 Å². The molecule has 2 aromatic carbocycles. The van der Waals surface area contributed by atoms with Crippen molar-refractivity contribution in [1.29, 1.82) is 0 Å². The van der Waals surface area contributed by atoms with Gasteiger partial charge in [-0.3, -0.25) is 9.59 Å². The van der Waals surface area contributed by atoms with Gasteiger partial charge < -0.3 is 26.0 Å². The summed E-state index contributed by atoms with van der Waals surface area (Å²) in [6.07, 6.45) is 2.45. The molecule has 39 heavy (non-hydrogen) atoms. The topological polar surface area (TPSA) is 111 Å². The number of aliphatic hydroxyl groups is 1. The Balaban J connectivity index is 1.78. The van der Waals surface area contributed by atoms with Crippen LogP contribution in [0.15, 0.2) is 47.5 Å². The number of aryl methyl sites for hydroxylation is 1. The van der Waals surface area contributed by atoms with Gasteiger partial charge in [0, 0.05) is 36.4 Å². The number of nitrogens with two attached hydrogens (primary N) is 1. The van der Waals surface area contributed by atoms with Crippen LogP contribution in [0.1, 0.15) is 92.6 Å². The van der Waals surface area contributed by atoms with E-state index in [0.717, 1.165) is 24.0 Å². The smallest absolute Gasteiger partial charge is 0.255 e. The second-order valence-corrected chi connectivity index (χ2v) is 11.5. The Morgan fingerprint density at radius 2 is 1.72 bits per heavy atom. The molecular formula is C31H45N5O3. The van der Waals surface area contributed by atoms with E-state index in [1.807, 2.05) is 49.1 Å². The highest BCUT2D eigenvalue weighted by Crippen LogP contribution is 2.40. The number of amides is 2. The Bertz CT molecular complexity index is 1220. The van der Waals surface area contributed by atoms with E-state index in [2.05, 4.69) is 38.0 Å². The normalized spacial score (nSPS) is 20.7. The van der Waals surface area contributed by atoms with Gasteiger partial charge in [-0.1, -0.05) is 39.8 Å². The molecule has 0 radical (unpaired) electrons. The molecule has 2 atom stereocenters. The van der Waals surface area contributed by atoms with Crippen LogP contribution in [-0.2, 0) is 6.54 Å². The molecule has 8 nitrogen and oxygen atoms in total. The largest absolute Gasteiger partial charge is 0.370 e. The first-order valence-corrected chi connectivity index (χ1v) is 14.0. The van der Waals surface area contributed by atoms with Gasteiger partial charge in [0.25, 0.3) is 11.8 Å². The molecule has 0 bridgehead atoms. The van der Waals surface area contributed by atoms with Gasteiger partial charge in [0.05, 0.1) is 0 Å². The van der Waals surface area contributed by atoms with Crippen LogP contribution >= 0.6 is 0 Å². The molecule has 8 heteroatoms. The second-order valence-electron chi connectivity index (χ2n) is 11.5. The fourth-order valence-corrected chi connectivity index (χ4v) is 5.41. The van der Waals surface area contributed by atoms with Crippen molar-refractivity contribution < 1.29 is 14.7 Å². The predicted octanol–water partition coefficient (Wildman–Crippen LogP) is 5.15. The van der Waals surface area contributed by atoms with Gasteiger partial charge in [0.1, 0.15) is 5.54 Å². The zero-order chi connectivity index (χ0) is 29.0. The minimum absolute atomic E-state index is 0.0557. The third-order valence-electron chi connectivity index (χ3n) is 7.38. The highest BCUT2D eigenvalue weighted by atomic mass is 16.3. The number of nitrogens with zero attached hydrogens (tertiary/aromatic N) is 3. The molecule has 1 aliphatic heterocycles. The van der Waals surface area contributed by atoms with Crippen molar-refractivity contribution in [3.63, 3.8) is 0 Å². The maximum absolute atomic E-state index is 13.2. The summed E-state index contributed by atoms with van der Waals surface area (Å²) >= 11 is 0. The molecule has 2 amide bonds. The van der Waals surface area contributed by atoms with E-state index in [-0.39, 0.29) is 11.8 Å². The fourth-order valence-electron chi connectivity index (χ4n) is 5.41. The molecule has 0 saturated carbocycles. The molecule has 3 rings (SSSR count). The number of anilines is 1. The van der Waals surface area contributed by atoms with E-state index < -0.39 is 11.3 Å². The number of hydrogen-bond acceptors (Lipinski definition) is 6. The Kier molecular flexibility index (Phi) is 9.43. The van der Waals surface area contributed by atoms with Crippen LogP contribution < -0.4 is 11.1 Å². The lowest BCUT2D eigenvalue weighted by Crippen LogP contribution is -2.57. The van der Waals surface area contributed by atoms with Gasteiger partial charge in [-0.05, 0) is 87.4 Å². The number of guanidine groups is 1. The third-order valence-corrected chi connectivity index (χ3v) is 7.38. The van der Waals surface area contributed by atoms with Crippen LogP contribution in [0.4, 0.5) is 5.69 Å². The van der Waals surface area contributed by atoms with E-state index >= 15 is 0 Å². The van der Waals surface area contributed by atoms with Gasteiger partial charge in [0.2, 0.25) is 0 Å². The number of nitrogens with one attached hydrogen (secondary N) is 1. The molecule has 4 N–H and O–H groups in total. The average Bonchev–Trinajstić information content (AvgIpc) is 3.01. The Morgan fingerprint density at radius 1 is 1.08 bits per heavy atom. The molecule has 0 fully saturated rings. The Hall–Kier alpha value is -3.39. The lowest BCUT2D eigenvalue weighted by molar-refractivity contribution is -0.101. The summed E-state index contributed by atoms with van der Waals surface area (Å²) in [5.74, 6) is 0.297. The highest BCUT2D eigenvalue weighted by Gasteiger charge is 2.53. The first kappa shape index (κ1) is 30.2. The molecule has 2 unspecified atom stereocenters. The summed E-state index contributed by atoms with van der Waals surface area (Å²) in [6.45, 7) is 15.6. The second kappa shape index (κ2) is 12.2. The average molecular weight is 536 g/mol. The van der Waals surface area contributed by atoms with Crippen molar-refractivity contribution in [3.8, 4) is 0 Å². The van der Waals surface area contributed by atoms with Gasteiger partial charge in [-0.2, -0.15) is 0 Å². The number of carbonyl (C=O) groups excluding carboxylic acids is 2. The molecule has 212 valence electrons. The highest BCUT2D eigenvalue weighted by molar-refractivity contribution is 6.06. The maximum Gasteiger partial charge on any atom is 0.255 e. The summed E-state index contributed by atoms with van der Waals surface area (Å²) in [5, 5.41) is 14.4. The number of rotatable bonds is 11. The van der Waals surface area contributed by atoms with Crippen molar-refractivity contribution in [3.05, 3.63) is 64.7 Å². The lowest BCUT2D eigenvalue weighted by atomic mass is 9.82. The Labute approximate surface area is 233 Å². The van der Waals surface area contributed by atoms with Crippen molar-refractivity contribution in [1.82, 2.24) is 9.80 Å². The molecule has 0 aliphatic carbocycles. The quantitative estimate of drug-likeness (QED) is 0.368. The molecule has 1 aliphatic rings. The van der Waals surface area contributed by atoms with Gasteiger partial charge in [0.15, 0.2) is 11.7 Å². The lowest BCUT2D eigenvalue weighted by Gasteiger charge is -2.41. The molecule has 0 aromatic heterocycles. The van der Waals surface area contributed by atoms with E-state index in [1.54, 1.807) is 24.0 Å². The molecule has 1 heterocycles. The van der Waals surface area contributed by atoms with Gasteiger partial charge in [-0.25, -0.2) is 4.99 Å². The van der Waals surface area contributed by atoms with Gasteiger partial charge >= 0.3 is 0 Å². The molecule has 2 aromatic rings. The zero-order valence-corrected chi connectivity index (χ0v) is 24.5. The summed E-state index contributed by atoms with van der Waals surface area (Å²) in [5.41, 5.74) is 7.59. The number of aliphatic imine (C=N–C) groups is 1. The van der Waals surface area contributed by atoms with Crippen LogP contribution in [0, 0.1) is 12.8 Å². The summed E-state index contributed by atoms with van der Waals surface area (Å²) in [7, 11) is 0. The van der Waals surface area contributed by atoms with Crippen LogP contribution in [-0.4, -0.2) is 57.0 Å². The molecular weight excluding hydrogens is 490 g/mol. The van der Waals surface area contributed by atoms with Crippen molar-refractivity contribution >= 4 is 23.5 Å². The van der Waals surface area contributed by atoms with E-state index in [0.29, 0.717) is 54.7 Å². The molecule has 0 saturated heterocycles. The van der Waals surface area contributed by atoms with Crippen molar-refractivity contribution in [2.75, 3.05) is 18.4 Å². The van der Waals surface area contributed by atoms with Crippen LogP contribution in [0.3, 0.4) is 0 Å². The number of carbonyl (C=O) groups is 2. The molecule has 0 spiro atoms. The Morgan fingerprint density at radius 3 is 2.33 bits per heavy atom. The number of benzene rings is 2. The van der Waals surface area contributed by atoms with E-state index in [4.69, 9.17) is 5.73 Å². The van der Waals surface area contributed by atoms with E-state index in [1.165, 1.54) is 0 Å². The van der Waals surface area contributed by atoms with Crippen molar-refractivity contribution in [2.45, 2.75) is 85.5 Å². The third kappa shape index (κ3) is 6.79. The monoisotopic (exact) mass is 535 g/mol. The standard InChI is InChI=1S/C31H45N5O3/c1-8-13-35(14-9-2)28(38)25-16-22(5)15-24(18-25)27(37)33-26-12-10-11-23(17-26)20-36-29(32)34-30(6,19-21(3)4)31(36,7)39/h10-12,15-18,21,39H,8-9,13-14,19-20H2,1-7H3,(H2,32,34)(H,33,37). The van der Waals surface area contributed by atoms with Crippen molar-refractivity contribution in [2.24, 2.45) is 16.6 Å². The van der Waals surface area contributed by atoms with Gasteiger partial charge in [-0.15, -0.1) is 0 Å². The zero-order valence-electron chi connectivity index (χ0n) is 24.5. The first-order valence-electron chi connectivity index (χ1n) is 14.0. The minimum atomic E-state index is -1.26. The first-order chi connectivity index (χ1) is 18.3. The maximum atomic E-state index is 13.2. The minimum Gasteiger partial charge on any atom is -0.370 e. The summed E-state index contributed by atoms with van der Waals surface area (Å²) < 4.78 is 0.